The molecule has 2 rings (SSSR count). The normalized spacial score (nSPS) is 10.5. The minimum Gasteiger partial charge on any atom is -0.382 e. The van der Waals surface area contributed by atoms with Crippen molar-refractivity contribution < 1.29 is 0 Å². The highest BCUT2D eigenvalue weighted by atomic mass is 15.1. The molecular weight excluding hydrogens is 212 g/mol. The lowest BCUT2D eigenvalue weighted by molar-refractivity contribution is 0.922. The van der Waals surface area contributed by atoms with Crippen LogP contribution in [0.15, 0.2) is 24.3 Å². The van der Waals surface area contributed by atoms with Crippen molar-refractivity contribution in [3.63, 3.8) is 0 Å². The summed E-state index contributed by atoms with van der Waals surface area (Å²) in [6, 6.07) is 8.35. The van der Waals surface area contributed by atoms with Crippen molar-refractivity contribution in [2.24, 2.45) is 0 Å². The molecule has 0 aliphatic heterocycles. The Labute approximate surface area is 101 Å². The summed E-state index contributed by atoms with van der Waals surface area (Å²) < 4.78 is 0. The number of anilines is 3. The van der Waals surface area contributed by atoms with Gasteiger partial charge in [-0.15, -0.1) is 0 Å². The van der Waals surface area contributed by atoms with E-state index in [1.165, 1.54) is 5.56 Å². The van der Waals surface area contributed by atoms with E-state index in [4.69, 9.17) is 5.73 Å². The summed E-state index contributed by atoms with van der Waals surface area (Å²) in [7, 11) is 0. The molecule has 2 aromatic rings. The number of nitrogens with zero attached hydrogens (tertiary/aromatic N) is 1. The zero-order valence-electron chi connectivity index (χ0n) is 10.2. The Hall–Kier alpha value is -1.97. The predicted molar refractivity (Wildman–Crippen MR) is 71.5 cm³/mol. The molecule has 4 heteroatoms. The number of H-pyrrole nitrogens is 1. The Morgan fingerprint density at radius 3 is 2.53 bits per heavy atom. The molecule has 17 heavy (non-hydrogen) atoms. The van der Waals surface area contributed by atoms with E-state index in [2.05, 4.69) is 46.5 Å². The molecule has 0 unspecified atom stereocenters. The van der Waals surface area contributed by atoms with E-state index in [1.54, 1.807) is 0 Å². The minimum absolute atomic E-state index is 0.570. The third-order valence-electron chi connectivity index (χ3n) is 2.61. The fourth-order valence-corrected chi connectivity index (χ4v) is 1.79. The van der Waals surface area contributed by atoms with Crippen LogP contribution in [0, 0.1) is 6.92 Å². The van der Waals surface area contributed by atoms with Crippen LogP contribution >= 0.6 is 0 Å². The first-order valence-electron chi connectivity index (χ1n) is 5.87. The van der Waals surface area contributed by atoms with Gasteiger partial charge in [0.1, 0.15) is 11.6 Å². The van der Waals surface area contributed by atoms with Crippen molar-refractivity contribution in [1.82, 2.24) is 9.97 Å². The van der Waals surface area contributed by atoms with Gasteiger partial charge >= 0.3 is 0 Å². The molecule has 4 N–H and O–H groups in total. The third kappa shape index (κ3) is 2.78. The Morgan fingerprint density at radius 2 is 2.00 bits per heavy atom. The highest BCUT2D eigenvalue weighted by molar-refractivity contribution is 5.66. The number of nitrogen functional groups attached to an aromatic ring is 1. The van der Waals surface area contributed by atoms with Crippen LogP contribution in [0.1, 0.15) is 24.7 Å². The number of imidazole rings is 1. The van der Waals surface area contributed by atoms with Crippen LogP contribution in [0.3, 0.4) is 0 Å². The number of aryl methyl sites for hydroxylation is 2. The van der Waals surface area contributed by atoms with Crippen LogP contribution in [0.2, 0.25) is 0 Å². The summed E-state index contributed by atoms with van der Waals surface area (Å²) in [5.41, 5.74) is 8.14. The van der Waals surface area contributed by atoms with E-state index in [1.807, 2.05) is 6.92 Å². The molecule has 1 heterocycles. The summed E-state index contributed by atoms with van der Waals surface area (Å²) in [4.78, 5) is 7.24. The Balaban J connectivity index is 2.11. The Morgan fingerprint density at radius 1 is 1.29 bits per heavy atom. The number of hydrogen-bond acceptors (Lipinski definition) is 3. The van der Waals surface area contributed by atoms with Gasteiger partial charge in [-0.3, -0.25) is 0 Å². The summed E-state index contributed by atoms with van der Waals surface area (Å²) in [5, 5.41) is 3.19. The first-order chi connectivity index (χ1) is 8.19. The summed E-state index contributed by atoms with van der Waals surface area (Å²) >= 11 is 0. The molecule has 90 valence electrons. The molecular formula is C13H18N4. The van der Waals surface area contributed by atoms with Crippen LogP contribution in [0.25, 0.3) is 0 Å². The maximum Gasteiger partial charge on any atom is 0.173 e. The highest BCUT2D eigenvalue weighted by Crippen LogP contribution is 2.20. The number of nitrogens with two attached hydrogens (primary N) is 1. The molecule has 0 saturated carbocycles. The molecule has 1 aromatic heterocycles. The lowest BCUT2D eigenvalue weighted by Gasteiger charge is -2.05. The van der Waals surface area contributed by atoms with Gasteiger partial charge in [0.15, 0.2) is 5.82 Å². The van der Waals surface area contributed by atoms with Gasteiger partial charge in [-0.25, -0.2) is 4.98 Å². The zero-order valence-corrected chi connectivity index (χ0v) is 10.2. The largest absolute Gasteiger partial charge is 0.382 e. The van der Waals surface area contributed by atoms with Gasteiger partial charge in [-0.2, -0.15) is 0 Å². The van der Waals surface area contributed by atoms with Gasteiger partial charge in [0.25, 0.3) is 0 Å². The zero-order chi connectivity index (χ0) is 12.3. The second-order valence-electron chi connectivity index (χ2n) is 4.16. The number of aromatic amines is 1. The molecule has 0 aliphatic carbocycles. The van der Waals surface area contributed by atoms with E-state index in [0.717, 1.165) is 24.4 Å². The fraction of sp³-hybridized carbons (Fsp3) is 0.308. The van der Waals surface area contributed by atoms with Crippen molar-refractivity contribution >= 4 is 17.3 Å². The van der Waals surface area contributed by atoms with E-state index in [0.29, 0.717) is 11.6 Å². The number of aromatic nitrogens is 2. The Kier molecular flexibility index (Phi) is 3.32. The molecule has 0 bridgehead atoms. The first kappa shape index (κ1) is 11.5. The monoisotopic (exact) mass is 230 g/mol. The van der Waals surface area contributed by atoms with Crippen molar-refractivity contribution in [2.75, 3.05) is 11.1 Å². The molecule has 0 saturated heterocycles. The average molecular weight is 230 g/mol. The van der Waals surface area contributed by atoms with E-state index >= 15 is 0 Å². The summed E-state index contributed by atoms with van der Waals surface area (Å²) in [6.07, 6.45) is 2.28. The smallest absolute Gasteiger partial charge is 0.173 e. The van der Waals surface area contributed by atoms with E-state index in [-0.39, 0.29) is 0 Å². The lowest BCUT2D eigenvalue weighted by atomic mass is 10.1. The van der Waals surface area contributed by atoms with E-state index < -0.39 is 0 Å². The molecule has 0 aliphatic rings. The molecule has 0 radical (unpaired) electrons. The van der Waals surface area contributed by atoms with Crippen LogP contribution in [0.4, 0.5) is 17.3 Å². The minimum atomic E-state index is 0.570. The van der Waals surface area contributed by atoms with Gasteiger partial charge in [0, 0.05) is 5.69 Å². The van der Waals surface area contributed by atoms with Crippen LogP contribution < -0.4 is 11.1 Å². The van der Waals surface area contributed by atoms with Crippen molar-refractivity contribution in [3.05, 3.63) is 35.7 Å². The quantitative estimate of drug-likeness (QED) is 0.756. The van der Waals surface area contributed by atoms with Crippen molar-refractivity contribution in [2.45, 2.75) is 26.7 Å². The molecule has 4 nitrogen and oxygen atoms in total. The predicted octanol–water partition coefficient (Wildman–Crippen LogP) is 3.00. The van der Waals surface area contributed by atoms with E-state index in [9.17, 15) is 0 Å². The number of hydrogen-bond donors (Lipinski definition) is 3. The number of benzene rings is 1. The molecule has 0 amide bonds. The highest BCUT2D eigenvalue weighted by Gasteiger charge is 2.04. The van der Waals surface area contributed by atoms with Gasteiger partial charge < -0.3 is 16.0 Å². The topological polar surface area (TPSA) is 66.7 Å². The standard InChI is InChI=1S/C13H18N4/c1-3-4-10-5-7-11(8-6-10)17-13-12(14)15-9(2)16-13/h5-8,17H,3-4,14H2,1-2H3,(H,15,16). The maximum absolute atomic E-state index is 5.79. The van der Waals surface area contributed by atoms with Crippen LogP contribution in [-0.4, -0.2) is 9.97 Å². The Bertz CT molecular complexity index is 485. The summed E-state index contributed by atoms with van der Waals surface area (Å²) in [6.45, 7) is 4.06. The first-order valence-corrected chi connectivity index (χ1v) is 5.87. The average Bonchev–Trinajstić information content (AvgIpc) is 2.61. The maximum atomic E-state index is 5.79. The van der Waals surface area contributed by atoms with Gasteiger partial charge in [-0.05, 0) is 31.0 Å². The summed E-state index contributed by atoms with van der Waals surface area (Å²) in [5.74, 6) is 2.07. The second kappa shape index (κ2) is 4.91. The van der Waals surface area contributed by atoms with Crippen LogP contribution in [0.5, 0.6) is 0 Å². The second-order valence-corrected chi connectivity index (χ2v) is 4.16. The van der Waals surface area contributed by atoms with Gasteiger partial charge in [0.2, 0.25) is 0 Å². The molecule has 0 fully saturated rings. The lowest BCUT2D eigenvalue weighted by Crippen LogP contribution is -1.95. The van der Waals surface area contributed by atoms with Crippen molar-refractivity contribution in [1.29, 1.82) is 0 Å². The SMILES string of the molecule is CCCc1ccc(Nc2nc(C)[nH]c2N)cc1. The number of nitrogens with one attached hydrogen (secondary N) is 2. The van der Waals surface area contributed by atoms with Gasteiger partial charge in [-0.1, -0.05) is 25.5 Å². The van der Waals surface area contributed by atoms with Crippen molar-refractivity contribution in [3.8, 4) is 0 Å². The molecule has 0 atom stereocenters. The fourth-order valence-electron chi connectivity index (χ4n) is 1.79. The molecule has 1 aromatic carbocycles. The number of rotatable bonds is 4. The van der Waals surface area contributed by atoms with Crippen LogP contribution in [-0.2, 0) is 6.42 Å². The third-order valence-corrected chi connectivity index (χ3v) is 2.61. The van der Waals surface area contributed by atoms with Gasteiger partial charge in [0.05, 0.1) is 0 Å². The molecule has 0 spiro atoms.